The maximum Gasteiger partial charge on any atom is 0.374 e. The molecule has 0 unspecified atom stereocenters. The van der Waals surface area contributed by atoms with Crippen molar-refractivity contribution in [1.82, 2.24) is 14.5 Å². The molecule has 2 aromatic heterocycles. The largest absolute Gasteiger partial charge is 0.374 e. The highest BCUT2D eigenvalue weighted by Crippen LogP contribution is 1.99. The van der Waals surface area contributed by atoms with E-state index in [1.165, 1.54) is 6.20 Å². The number of nitrogens with zero attached hydrogens (tertiary/aromatic N) is 3. The highest BCUT2D eigenvalue weighted by Gasteiger charge is 2.07. The zero-order valence-electron chi connectivity index (χ0n) is 9.02. The number of rotatable bonds is 5. The minimum Gasteiger partial charge on any atom is -0.335 e. The lowest BCUT2D eigenvalue weighted by atomic mass is 10.3. The Balaban J connectivity index is 1.70. The van der Waals surface area contributed by atoms with E-state index in [9.17, 15) is 4.79 Å². The first-order chi connectivity index (χ1) is 8.36. The second kappa shape index (κ2) is 5.76. The van der Waals surface area contributed by atoms with Crippen LogP contribution in [0.2, 0.25) is 0 Å². The summed E-state index contributed by atoms with van der Waals surface area (Å²) in [6, 6.07) is 3.26. The first-order valence-corrected chi connectivity index (χ1v) is 5.06. The number of aromatic nitrogens is 3. The third-order valence-electron chi connectivity index (χ3n) is 2.02. The topological polar surface area (TPSA) is 66.2 Å². The van der Waals surface area contributed by atoms with Gasteiger partial charge in [-0.15, -0.1) is 0 Å². The number of hydrogen-bond acceptors (Lipinski definition) is 5. The fourth-order valence-corrected chi connectivity index (χ4v) is 1.19. The maximum absolute atomic E-state index is 11.4. The standard InChI is InChI=1S/C11H11N3O3/c15-11(10-2-1-3-12-8-10)17-16-7-6-14-5-4-13-9-14/h1-5,8-9H,6-7H2. The zero-order chi connectivity index (χ0) is 11.9. The molecule has 2 aromatic rings. The van der Waals surface area contributed by atoms with Crippen molar-refractivity contribution in [2.24, 2.45) is 0 Å². The van der Waals surface area contributed by atoms with Crippen molar-refractivity contribution in [3.8, 4) is 0 Å². The van der Waals surface area contributed by atoms with E-state index < -0.39 is 5.97 Å². The van der Waals surface area contributed by atoms with Crippen LogP contribution in [0.3, 0.4) is 0 Å². The highest BCUT2D eigenvalue weighted by atomic mass is 17.2. The lowest BCUT2D eigenvalue weighted by molar-refractivity contribution is -0.242. The predicted molar refractivity (Wildman–Crippen MR) is 57.8 cm³/mol. The molecule has 0 spiro atoms. The molecule has 0 aliphatic carbocycles. The van der Waals surface area contributed by atoms with E-state index >= 15 is 0 Å². The van der Waals surface area contributed by atoms with Gasteiger partial charge in [0, 0.05) is 24.8 Å². The Morgan fingerprint density at radius 1 is 1.35 bits per heavy atom. The number of carbonyl (C=O) groups is 1. The van der Waals surface area contributed by atoms with Crippen LogP contribution in [-0.4, -0.2) is 27.1 Å². The van der Waals surface area contributed by atoms with E-state index in [0.717, 1.165) is 0 Å². The molecule has 0 N–H and O–H groups in total. The normalized spacial score (nSPS) is 10.1. The van der Waals surface area contributed by atoms with Crippen molar-refractivity contribution >= 4 is 5.97 Å². The molecule has 0 saturated carbocycles. The van der Waals surface area contributed by atoms with Gasteiger partial charge in [-0.1, -0.05) is 0 Å². The summed E-state index contributed by atoms with van der Waals surface area (Å²) in [6.45, 7) is 0.836. The monoisotopic (exact) mass is 233 g/mol. The summed E-state index contributed by atoms with van der Waals surface area (Å²) < 4.78 is 1.82. The molecule has 0 aliphatic heterocycles. The second-order valence-corrected chi connectivity index (χ2v) is 3.23. The maximum atomic E-state index is 11.4. The Morgan fingerprint density at radius 2 is 2.29 bits per heavy atom. The molecule has 0 atom stereocenters. The molecule has 0 fully saturated rings. The van der Waals surface area contributed by atoms with Crippen LogP contribution in [0.1, 0.15) is 10.4 Å². The van der Waals surface area contributed by atoms with Gasteiger partial charge in [0.25, 0.3) is 0 Å². The third-order valence-corrected chi connectivity index (χ3v) is 2.02. The summed E-state index contributed by atoms with van der Waals surface area (Å²) in [4.78, 5) is 28.5. The minimum absolute atomic E-state index is 0.266. The number of imidazole rings is 1. The molecule has 0 bridgehead atoms. The SMILES string of the molecule is O=C(OOCCn1ccnc1)c1cccnc1. The van der Waals surface area contributed by atoms with Crippen molar-refractivity contribution in [1.29, 1.82) is 0 Å². The van der Waals surface area contributed by atoms with Crippen LogP contribution in [0.4, 0.5) is 0 Å². The Morgan fingerprint density at radius 3 is 3.00 bits per heavy atom. The summed E-state index contributed by atoms with van der Waals surface area (Å²) in [5.74, 6) is -0.552. The van der Waals surface area contributed by atoms with E-state index in [1.807, 2.05) is 4.57 Å². The molecular weight excluding hydrogens is 222 g/mol. The fraction of sp³-hybridized carbons (Fsp3) is 0.182. The zero-order valence-corrected chi connectivity index (χ0v) is 9.02. The van der Waals surface area contributed by atoms with Crippen LogP contribution in [0.25, 0.3) is 0 Å². The molecule has 6 heteroatoms. The van der Waals surface area contributed by atoms with E-state index in [4.69, 9.17) is 4.89 Å². The molecule has 6 nitrogen and oxygen atoms in total. The average Bonchev–Trinajstić information content (AvgIpc) is 2.88. The van der Waals surface area contributed by atoms with Crippen molar-refractivity contribution in [2.45, 2.75) is 6.54 Å². The molecule has 0 amide bonds. The molecule has 0 aliphatic rings. The second-order valence-electron chi connectivity index (χ2n) is 3.23. The molecular formula is C11H11N3O3. The van der Waals surface area contributed by atoms with Gasteiger partial charge < -0.3 is 4.57 Å². The predicted octanol–water partition coefficient (Wildman–Crippen LogP) is 1.07. The summed E-state index contributed by atoms with van der Waals surface area (Å²) >= 11 is 0. The first-order valence-electron chi connectivity index (χ1n) is 5.06. The molecule has 17 heavy (non-hydrogen) atoms. The van der Waals surface area contributed by atoms with Crippen LogP contribution in [0, 0.1) is 0 Å². The Hall–Kier alpha value is -2.21. The first kappa shape index (κ1) is 11.3. The lowest BCUT2D eigenvalue weighted by Gasteiger charge is -2.03. The van der Waals surface area contributed by atoms with E-state index in [0.29, 0.717) is 12.1 Å². The van der Waals surface area contributed by atoms with Gasteiger partial charge in [-0.25, -0.2) is 9.78 Å². The van der Waals surface area contributed by atoms with Gasteiger partial charge in [0.2, 0.25) is 0 Å². The summed E-state index contributed by atoms with van der Waals surface area (Å²) in [5.41, 5.74) is 0.357. The Kier molecular flexibility index (Phi) is 3.82. The van der Waals surface area contributed by atoms with Crippen LogP contribution >= 0.6 is 0 Å². The van der Waals surface area contributed by atoms with Crippen molar-refractivity contribution in [3.05, 3.63) is 48.8 Å². The van der Waals surface area contributed by atoms with Crippen molar-refractivity contribution < 1.29 is 14.6 Å². The summed E-state index contributed by atoms with van der Waals surface area (Å²) in [5, 5.41) is 0. The fourth-order valence-electron chi connectivity index (χ4n) is 1.19. The van der Waals surface area contributed by atoms with Crippen LogP contribution < -0.4 is 0 Å². The van der Waals surface area contributed by atoms with E-state index in [2.05, 4.69) is 14.9 Å². The molecule has 88 valence electrons. The van der Waals surface area contributed by atoms with Gasteiger partial charge in [-0.05, 0) is 12.1 Å². The Labute approximate surface area is 97.8 Å². The molecule has 2 rings (SSSR count). The Bertz CT molecular complexity index is 456. The van der Waals surface area contributed by atoms with Gasteiger partial charge in [0.05, 0.1) is 18.4 Å². The van der Waals surface area contributed by atoms with Gasteiger partial charge in [-0.2, -0.15) is 4.89 Å². The molecule has 0 radical (unpaired) electrons. The van der Waals surface area contributed by atoms with Gasteiger partial charge in [0.15, 0.2) is 0 Å². The van der Waals surface area contributed by atoms with Crippen molar-refractivity contribution in [2.75, 3.05) is 6.61 Å². The lowest BCUT2D eigenvalue weighted by Crippen LogP contribution is -2.10. The highest BCUT2D eigenvalue weighted by molar-refractivity contribution is 5.88. The third kappa shape index (κ3) is 3.39. The minimum atomic E-state index is -0.552. The van der Waals surface area contributed by atoms with Crippen LogP contribution in [0.5, 0.6) is 0 Å². The van der Waals surface area contributed by atoms with Gasteiger partial charge in [0.1, 0.15) is 6.61 Å². The van der Waals surface area contributed by atoms with Gasteiger partial charge >= 0.3 is 5.97 Å². The number of pyridine rings is 1. The number of carbonyl (C=O) groups excluding carboxylic acids is 1. The number of hydrogen-bond donors (Lipinski definition) is 0. The summed E-state index contributed by atoms with van der Waals surface area (Å²) in [6.07, 6.45) is 8.12. The molecule has 2 heterocycles. The van der Waals surface area contributed by atoms with Gasteiger partial charge in [-0.3, -0.25) is 9.87 Å². The van der Waals surface area contributed by atoms with Crippen molar-refractivity contribution in [3.63, 3.8) is 0 Å². The van der Waals surface area contributed by atoms with Crippen LogP contribution in [0.15, 0.2) is 43.2 Å². The molecule has 0 saturated heterocycles. The smallest absolute Gasteiger partial charge is 0.335 e. The quantitative estimate of drug-likeness (QED) is 0.439. The summed E-state index contributed by atoms with van der Waals surface area (Å²) in [7, 11) is 0. The van der Waals surface area contributed by atoms with E-state index in [1.54, 1.807) is 37.1 Å². The average molecular weight is 233 g/mol. The van der Waals surface area contributed by atoms with E-state index in [-0.39, 0.29) is 6.61 Å². The van der Waals surface area contributed by atoms with Crippen LogP contribution in [-0.2, 0) is 16.3 Å². The molecule has 0 aromatic carbocycles.